The third-order valence-electron chi connectivity index (χ3n) is 3.20. The molecule has 0 radical (unpaired) electrons. The first-order valence-electron chi connectivity index (χ1n) is 5.84. The summed E-state index contributed by atoms with van der Waals surface area (Å²) in [5.74, 6) is 0. The molecule has 0 aliphatic carbocycles. The molecule has 17 heavy (non-hydrogen) atoms. The first-order valence-corrected chi connectivity index (χ1v) is 5.84. The molecule has 0 saturated carbocycles. The first kappa shape index (κ1) is 11.9. The normalized spacial score (nSPS) is 10.9. The Bertz CT molecular complexity index is 553. The minimum atomic E-state index is 0.514. The molecule has 1 heterocycles. The van der Waals surface area contributed by atoms with Gasteiger partial charge in [-0.05, 0) is 31.9 Å². The van der Waals surface area contributed by atoms with Gasteiger partial charge in [-0.1, -0.05) is 23.8 Å². The van der Waals surface area contributed by atoms with Crippen LogP contribution in [0.2, 0.25) is 0 Å². The molecule has 1 aromatic heterocycles. The largest absolute Gasteiger partial charge is 0.325 e. The van der Waals surface area contributed by atoms with Gasteiger partial charge in [-0.25, -0.2) is 0 Å². The Hall–Kier alpha value is -1.61. The lowest BCUT2D eigenvalue weighted by molar-refractivity contribution is 0.706. The molecule has 0 amide bonds. The van der Waals surface area contributed by atoms with Crippen LogP contribution in [0.1, 0.15) is 22.5 Å². The quantitative estimate of drug-likeness (QED) is 0.859. The van der Waals surface area contributed by atoms with Gasteiger partial charge in [0.15, 0.2) is 0 Å². The number of aromatic nitrogens is 2. The van der Waals surface area contributed by atoms with Gasteiger partial charge < -0.3 is 5.73 Å². The number of hydrogen-bond acceptors (Lipinski definition) is 2. The Balaban J connectivity index is 2.71. The summed E-state index contributed by atoms with van der Waals surface area (Å²) in [5.41, 5.74) is 12.9. The van der Waals surface area contributed by atoms with E-state index in [0.717, 1.165) is 11.4 Å². The molecule has 0 spiro atoms. The number of nitrogens with two attached hydrogens (primary N) is 1. The first-order chi connectivity index (χ1) is 8.04. The predicted molar refractivity (Wildman–Crippen MR) is 70.7 cm³/mol. The maximum atomic E-state index is 5.83. The van der Waals surface area contributed by atoms with Crippen molar-refractivity contribution in [3.63, 3.8) is 0 Å². The van der Waals surface area contributed by atoms with E-state index in [4.69, 9.17) is 5.73 Å². The summed E-state index contributed by atoms with van der Waals surface area (Å²) >= 11 is 0. The summed E-state index contributed by atoms with van der Waals surface area (Å²) in [6, 6.07) is 6.49. The third-order valence-corrected chi connectivity index (χ3v) is 3.20. The van der Waals surface area contributed by atoms with Crippen molar-refractivity contribution < 1.29 is 0 Å². The standard InChI is InChI=1S/C14H19N3/c1-9-5-6-10(2)12(7-9)14-11(3)16-17(4)13(14)8-15/h5-7H,8,15H2,1-4H3. The number of hydrogen-bond donors (Lipinski definition) is 1. The van der Waals surface area contributed by atoms with Crippen LogP contribution in [0, 0.1) is 20.8 Å². The average molecular weight is 229 g/mol. The molecule has 3 heteroatoms. The van der Waals surface area contributed by atoms with Crippen LogP contribution in [-0.4, -0.2) is 9.78 Å². The molecule has 2 N–H and O–H groups in total. The van der Waals surface area contributed by atoms with E-state index < -0.39 is 0 Å². The Morgan fingerprint density at radius 1 is 1.24 bits per heavy atom. The van der Waals surface area contributed by atoms with Crippen LogP contribution in [0.25, 0.3) is 11.1 Å². The van der Waals surface area contributed by atoms with Crippen molar-refractivity contribution >= 4 is 0 Å². The highest BCUT2D eigenvalue weighted by molar-refractivity contribution is 5.72. The topological polar surface area (TPSA) is 43.8 Å². The van der Waals surface area contributed by atoms with Crippen molar-refractivity contribution in [1.82, 2.24) is 9.78 Å². The molecule has 1 aromatic carbocycles. The monoisotopic (exact) mass is 229 g/mol. The zero-order valence-corrected chi connectivity index (χ0v) is 10.9. The summed E-state index contributed by atoms with van der Waals surface area (Å²) in [6.07, 6.45) is 0. The molecule has 0 aliphatic rings. The molecule has 0 aliphatic heterocycles. The van der Waals surface area contributed by atoms with Gasteiger partial charge in [0.25, 0.3) is 0 Å². The molecule has 2 rings (SSSR count). The number of nitrogens with zero attached hydrogens (tertiary/aromatic N) is 2. The highest BCUT2D eigenvalue weighted by Gasteiger charge is 2.15. The van der Waals surface area contributed by atoms with Crippen molar-refractivity contribution in [2.45, 2.75) is 27.3 Å². The van der Waals surface area contributed by atoms with Gasteiger partial charge in [0.2, 0.25) is 0 Å². The van der Waals surface area contributed by atoms with E-state index in [1.54, 1.807) is 0 Å². The fourth-order valence-corrected chi connectivity index (χ4v) is 2.30. The third kappa shape index (κ3) is 1.98. The van der Waals surface area contributed by atoms with Crippen molar-refractivity contribution in [3.05, 3.63) is 40.7 Å². The van der Waals surface area contributed by atoms with E-state index in [2.05, 4.69) is 37.1 Å². The van der Waals surface area contributed by atoms with Crippen LogP contribution >= 0.6 is 0 Å². The second kappa shape index (κ2) is 4.34. The Kier molecular flexibility index (Phi) is 3.03. The highest BCUT2D eigenvalue weighted by atomic mass is 15.3. The fraction of sp³-hybridized carbons (Fsp3) is 0.357. The molecular weight excluding hydrogens is 210 g/mol. The van der Waals surface area contributed by atoms with Gasteiger partial charge in [0, 0.05) is 19.2 Å². The molecule has 0 saturated heterocycles. The van der Waals surface area contributed by atoms with Crippen molar-refractivity contribution in [1.29, 1.82) is 0 Å². The molecular formula is C14H19N3. The number of rotatable bonds is 2. The maximum absolute atomic E-state index is 5.83. The number of aryl methyl sites for hydroxylation is 4. The summed E-state index contributed by atoms with van der Waals surface area (Å²) in [4.78, 5) is 0. The Morgan fingerprint density at radius 2 is 1.94 bits per heavy atom. The van der Waals surface area contributed by atoms with Crippen LogP contribution in [0.3, 0.4) is 0 Å². The molecule has 0 bridgehead atoms. The van der Waals surface area contributed by atoms with Gasteiger partial charge >= 0.3 is 0 Å². The second-order valence-corrected chi connectivity index (χ2v) is 4.55. The van der Waals surface area contributed by atoms with Crippen LogP contribution in [0.15, 0.2) is 18.2 Å². The van der Waals surface area contributed by atoms with E-state index in [1.807, 2.05) is 18.7 Å². The molecule has 0 atom stereocenters. The van der Waals surface area contributed by atoms with Crippen molar-refractivity contribution in [2.24, 2.45) is 12.8 Å². The van der Waals surface area contributed by atoms with E-state index in [0.29, 0.717) is 6.54 Å². The van der Waals surface area contributed by atoms with E-state index in [9.17, 15) is 0 Å². The predicted octanol–water partition coefficient (Wildman–Crippen LogP) is 2.47. The molecule has 3 nitrogen and oxygen atoms in total. The van der Waals surface area contributed by atoms with Crippen molar-refractivity contribution in [3.8, 4) is 11.1 Å². The van der Waals surface area contributed by atoms with Crippen molar-refractivity contribution in [2.75, 3.05) is 0 Å². The van der Waals surface area contributed by atoms with Crippen LogP contribution < -0.4 is 5.73 Å². The molecule has 2 aromatic rings. The molecule has 0 fully saturated rings. The minimum Gasteiger partial charge on any atom is -0.325 e. The van der Waals surface area contributed by atoms with Gasteiger partial charge in [-0.2, -0.15) is 5.10 Å². The number of benzene rings is 1. The van der Waals surface area contributed by atoms with Gasteiger partial charge in [-0.15, -0.1) is 0 Å². The second-order valence-electron chi connectivity index (χ2n) is 4.55. The summed E-state index contributed by atoms with van der Waals surface area (Å²) in [6.45, 7) is 6.79. The highest BCUT2D eigenvalue weighted by Crippen LogP contribution is 2.30. The van der Waals surface area contributed by atoms with Crippen LogP contribution in [0.5, 0.6) is 0 Å². The lowest BCUT2D eigenvalue weighted by Gasteiger charge is -2.09. The molecule has 0 unspecified atom stereocenters. The summed E-state index contributed by atoms with van der Waals surface area (Å²) < 4.78 is 1.88. The minimum absolute atomic E-state index is 0.514. The van der Waals surface area contributed by atoms with E-state index >= 15 is 0 Å². The molecule has 90 valence electrons. The average Bonchev–Trinajstić information content (AvgIpc) is 2.56. The summed E-state index contributed by atoms with van der Waals surface area (Å²) in [7, 11) is 1.95. The lowest BCUT2D eigenvalue weighted by Crippen LogP contribution is -2.05. The van der Waals surface area contributed by atoms with Gasteiger partial charge in [0.05, 0.1) is 11.4 Å². The fourth-order valence-electron chi connectivity index (χ4n) is 2.30. The smallest absolute Gasteiger partial charge is 0.0675 e. The van der Waals surface area contributed by atoms with Gasteiger partial charge in [0.1, 0.15) is 0 Å². The summed E-state index contributed by atoms with van der Waals surface area (Å²) in [5, 5.41) is 4.47. The SMILES string of the molecule is Cc1ccc(C)c(-c2c(C)nn(C)c2CN)c1. The van der Waals surface area contributed by atoms with Crippen LogP contribution in [0.4, 0.5) is 0 Å². The Morgan fingerprint density at radius 3 is 2.59 bits per heavy atom. The zero-order valence-electron chi connectivity index (χ0n) is 10.9. The van der Waals surface area contributed by atoms with Gasteiger partial charge in [-0.3, -0.25) is 4.68 Å². The maximum Gasteiger partial charge on any atom is 0.0675 e. The van der Waals surface area contributed by atoms with E-state index in [1.165, 1.54) is 22.3 Å². The Labute approximate surface area is 102 Å². The lowest BCUT2D eigenvalue weighted by atomic mass is 9.96. The zero-order chi connectivity index (χ0) is 12.6. The van der Waals surface area contributed by atoms with Crippen LogP contribution in [-0.2, 0) is 13.6 Å². The van der Waals surface area contributed by atoms with E-state index in [-0.39, 0.29) is 0 Å².